The lowest BCUT2D eigenvalue weighted by molar-refractivity contribution is 0.411. The lowest BCUT2D eigenvalue weighted by Crippen LogP contribution is -1.89. The molecule has 1 aromatic rings. The van der Waals surface area contributed by atoms with E-state index in [-0.39, 0.29) is 0 Å². The summed E-state index contributed by atoms with van der Waals surface area (Å²) >= 11 is 1.88. The summed E-state index contributed by atoms with van der Waals surface area (Å²) in [6, 6.07) is 3.95. The fourth-order valence-electron chi connectivity index (χ4n) is 1.07. The molecule has 0 N–H and O–H groups in total. The van der Waals surface area contributed by atoms with E-state index in [2.05, 4.69) is 0 Å². The van der Waals surface area contributed by atoms with E-state index in [9.17, 15) is 0 Å². The van der Waals surface area contributed by atoms with E-state index >= 15 is 0 Å². The van der Waals surface area contributed by atoms with Gasteiger partial charge < -0.3 is 7.80 Å². The van der Waals surface area contributed by atoms with E-state index in [0.717, 1.165) is 22.6 Å². The molecule has 0 fully saturated rings. The Kier molecular flexibility index (Phi) is 3.20. The molecule has 12 heavy (non-hydrogen) atoms. The highest BCUT2D eigenvalue weighted by Gasteiger charge is 2.04. The Morgan fingerprint density at radius 2 is 1.58 bits per heavy atom. The van der Waals surface area contributed by atoms with Crippen LogP contribution in [0.25, 0.3) is 0 Å². The second-order valence-electron chi connectivity index (χ2n) is 2.66. The Labute approximate surface area is 86.6 Å². The molecule has 0 heterocycles. The lowest BCUT2D eigenvalue weighted by Gasteiger charge is -2.08. The molecule has 0 unspecified atom stereocenters. The van der Waals surface area contributed by atoms with Crippen LogP contribution in [0, 0.1) is 13.8 Å². The Morgan fingerprint density at radius 1 is 1.08 bits per heavy atom. The number of hydrogen-bond donors (Lipinski definition) is 0. The molecule has 0 spiro atoms. The van der Waals surface area contributed by atoms with Crippen LogP contribution in [0.15, 0.2) is 12.1 Å². The first kappa shape index (κ1) is 9.64. The van der Waals surface area contributed by atoms with E-state index in [4.69, 9.17) is 7.80 Å². The minimum atomic E-state index is 0.897. The highest BCUT2D eigenvalue weighted by molar-refractivity contribution is 14.1. The van der Waals surface area contributed by atoms with Gasteiger partial charge in [-0.25, -0.2) is 0 Å². The zero-order valence-electron chi connectivity index (χ0n) is 7.35. The zero-order valence-corrected chi connectivity index (χ0v) is 9.51. The maximum Gasteiger partial charge on any atom is 0.192 e. The van der Waals surface area contributed by atoms with Crippen molar-refractivity contribution in [2.75, 3.05) is 7.11 Å². The van der Waals surface area contributed by atoms with Crippen LogP contribution in [0.5, 0.6) is 11.5 Å². The summed E-state index contributed by atoms with van der Waals surface area (Å²) in [5.41, 5.74) is 2.18. The summed E-state index contributed by atoms with van der Waals surface area (Å²) in [6.45, 7) is 3.99. The van der Waals surface area contributed by atoms with Crippen molar-refractivity contribution in [3.63, 3.8) is 0 Å². The van der Waals surface area contributed by atoms with Crippen LogP contribution in [0.4, 0.5) is 0 Å². The van der Waals surface area contributed by atoms with Crippen LogP contribution in [0.3, 0.4) is 0 Å². The molecular formula is C9H11IO2. The Hall–Kier alpha value is -0.450. The number of rotatable bonds is 2. The van der Waals surface area contributed by atoms with Crippen LogP contribution in [0.1, 0.15) is 11.1 Å². The molecule has 0 atom stereocenters. The molecule has 3 heteroatoms. The van der Waals surface area contributed by atoms with Gasteiger partial charge in [-0.3, -0.25) is 0 Å². The molecule has 1 rings (SSSR count). The average Bonchev–Trinajstić information content (AvgIpc) is 2.08. The van der Waals surface area contributed by atoms with Gasteiger partial charge in [0.25, 0.3) is 0 Å². The fourth-order valence-corrected chi connectivity index (χ4v) is 1.54. The van der Waals surface area contributed by atoms with Crippen molar-refractivity contribution in [2.45, 2.75) is 13.8 Å². The highest BCUT2D eigenvalue weighted by Crippen LogP contribution is 2.28. The molecule has 0 saturated carbocycles. The SMILES string of the molecule is COc1cc(C)c(OI)cc1C. The van der Waals surface area contributed by atoms with E-state index in [1.807, 2.05) is 49.0 Å². The number of hydrogen-bond acceptors (Lipinski definition) is 2. The van der Waals surface area contributed by atoms with Gasteiger partial charge in [-0.2, -0.15) is 0 Å². The maximum atomic E-state index is 5.17. The first-order valence-corrected chi connectivity index (χ1v) is 4.51. The maximum absolute atomic E-state index is 5.17. The topological polar surface area (TPSA) is 18.5 Å². The second kappa shape index (κ2) is 3.98. The fraction of sp³-hybridized carbons (Fsp3) is 0.333. The predicted octanol–water partition coefficient (Wildman–Crippen LogP) is 3.04. The Morgan fingerprint density at radius 3 is 2.08 bits per heavy atom. The number of aryl methyl sites for hydroxylation is 2. The van der Waals surface area contributed by atoms with Crippen LogP contribution in [-0.4, -0.2) is 7.11 Å². The van der Waals surface area contributed by atoms with Gasteiger partial charge in [0, 0.05) is 0 Å². The number of methoxy groups -OCH3 is 1. The quantitative estimate of drug-likeness (QED) is 0.774. The van der Waals surface area contributed by atoms with E-state index in [1.165, 1.54) is 0 Å². The largest absolute Gasteiger partial charge is 0.496 e. The molecule has 0 aromatic heterocycles. The minimum absolute atomic E-state index is 0.897. The average molecular weight is 278 g/mol. The zero-order chi connectivity index (χ0) is 9.14. The Balaban J connectivity index is 3.16. The Bertz CT molecular complexity index is 254. The summed E-state index contributed by atoms with van der Waals surface area (Å²) in [5.74, 6) is 1.80. The standard InChI is InChI=1S/C9H11IO2/c1-6-5-9(12-10)7(2)4-8(6)11-3/h4-5H,1-3H3. The van der Waals surface area contributed by atoms with E-state index in [1.54, 1.807) is 7.11 Å². The summed E-state index contributed by atoms with van der Waals surface area (Å²) in [7, 11) is 1.67. The van der Waals surface area contributed by atoms with Crippen molar-refractivity contribution in [3.8, 4) is 11.5 Å². The number of halogens is 1. The van der Waals surface area contributed by atoms with Gasteiger partial charge in [-0.15, -0.1) is 0 Å². The summed E-state index contributed by atoms with van der Waals surface area (Å²) in [6.07, 6.45) is 0. The van der Waals surface area contributed by atoms with E-state index in [0.29, 0.717) is 0 Å². The smallest absolute Gasteiger partial charge is 0.192 e. The van der Waals surface area contributed by atoms with Crippen LogP contribution in [0.2, 0.25) is 0 Å². The van der Waals surface area contributed by atoms with Crippen molar-refractivity contribution in [1.29, 1.82) is 0 Å². The molecule has 66 valence electrons. The summed E-state index contributed by atoms with van der Waals surface area (Å²) in [5, 5.41) is 0. The third kappa shape index (κ3) is 1.83. The molecule has 0 bridgehead atoms. The molecule has 0 aliphatic heterocycles. The van der Waals surface area contributed by atoms with Crippen molar-refractivity contribution >= 4 is 23.0 Å². The van der Waals surface area contributed by atoms with Crippen LogP contribution >= 0.6 is 23.0 Å². The minimum Gasteiger partial charge on any atom is -0.496 e. The van der Waals surface area contributed by atoms with Gasteiger partial charge in [-0.1, -0.05) is 0 Å². The molecule has 1 aromatic carbocycles. The summed E-state index contributed by atoms with van der Waals surface area (Å²) < 4.78 is 10.3. The number of benzene rings is 1. The molecule has 0 saturated heterocycles. The van der Waals surface area contributed by atoms with Gasteiger partial charge in [0.15, 0.2) is 23.0 Å². The summed E-state index contributed by atoms with van der Waals surface area (Å²) in [4.78, 5) is 0. The second-order valence-corrected chi connectivity index (χ2v) is 3.10. The first-order chi connectivity index (χ1) is 5.69. The molecule has 0 radical (unpaired) electrons. The van der Waals surface area contributed by atoms with Crippen LogP contribution in [-0.2, 0) is 0 Å². The van der Waals surface area contributed by atoms with Crippen LogP contribution < -0.4 is 7.80 Å². The van der Waals surface area contributed by atoms with Crippen molar-refractivity contribution in [3.05, 3.63) is 23.3 Å². The molecule has 0 amide bonds. The molecular weight excluding hydrogens is 267 g/mol. The van der Waals surface area contributed by atoms with Crippen molar-refractivity contribution < 1.29 is 7.80 Å². The first-order valence-electron chi connectivity index (χ1n) is 3.63. The van der Waals surface area contributed by atoms with E-state index < -0.39 is 0 Å². The molecule has 0 aliphatic rings. The molecule has 2 nitrogen and oxygen atoms in total. The highest BCUT2D eigenvalue weighted by atomic mass is 127. The van der Waals surface area contributed by atoms with Crippen molar-refractivity contribution in [2.24, 2.45) is 0 Å². The lowest BCUT2D eigenvalue weighted by atomic mass is 10.1. The number of ether oxygens (including phenoxy) is 1. The van der Waals surface area contributed by atoms with Crippen molar-refractivity contribution in [1.82, 2.24) is 0 Å². The van der Waals surface area contributed by atoms with Gasteiger partial charge >= 0.3 is 0 Å². The third-order valence-electron chi connectivity index (χ3n) is 1.78. The molecule has 0 aliphatic carbocycles. The third-order valence-corrected chi connectivity index (χ3v) is 2.25. The normalized spacial score (nSPS) is 9.67. The van der Waals surface area contributed by atoms with Gasteiger partial charge in [0.05, 0.1) is 7.11 Å². The van der Waals surface area contributed by atoms with Gasteiger partial charge in [-0.05, 0) is 37.1 Å². The predicted molar refractivity (Wildman–Crippen MR) is 57.1 cm³/mol. The monoisotopic (exact) mass is 278 g/mol. The van der Waals surface area contributed by atoms with Gasteiger partial charge in [0.1, 0.15) is 11.5 Å². The van der Waals surface area contributed by atoms with Gasteiger partial charge in [0.2, 0.25) is 0 Å².